The molecule has 3 rings (SSSR count). The highest BCUT2D eigenvalue weighted by molar-refractivity contribution is 6.77. The van der Waals surface area contributed by atoms with Gasteiger partial charge in [-0.2, -0.15) is 0 Å². The van der Waals surface area contributed by atoms with Gasteiger partial charge in [-0.1, -0.05) is 88.7 Å². The van der Waals surface area contributed by atoms with Crippen LogP contribution in [0.3, 0.4) is 0 Å². The van der Waals surface area contributed by atoms with E-state index >= 15 is 0 Å². The maximum atomic E-state index is 7.38. The van der Waals surface area contributed by atoms with E-state index < -0.39 is 14.1 Å². The molecular weight excluding hydrogens is 440 g/mol. The van der Waals surface area contributed by atoms with Crippen LogP contribution in [0.25, 0.3) is 0 Å². The summed E-state index contributed by atoms with van der Waals surface area (Å²) in [6.07, 6.45) is 5.12. The van der Waals surface area contributed by atoms with Crippen LogP contribution in [0, 0.1) is 11.8 Å². The molecule has 184 valence electrons. The predicted octanol–water partition coefficient (Wildman–Crippen LogP) is 6.73. The summed E-state index contributed by atoms with van der Waals surface area (Å²) < 4.78 is 19.3. The van der Waals surface area contributed by atoms with Gasteiger partial charge in [-0.05, 0) is 49.4 Å². The lowest BCUT2D eigenvalue weighted by Crippen LogP contribution is -2.51. The monoisotopic (exact) mass is 486 g/mol. The molecule has 1 heterocycles. The van der Waals surface area contributed by atoms with Gasteiger partial charge in [-0.15, -0.1) is 0 Å². The van der Waals surface area contributed by atoms with Crippen LogP contribution < -0.4 is 5.19 Å². The standard InChI is InChI=1S/C28H46O3Si2/c1-20(2)33(21(3)4,22(5)6)31-27-15-14-24(16-23-17-29-28(7,8)30-18-23)26(27)19-32-25-12-10-9-11-13-25/h9-13,16,20-23,26-27H,14-15,17-19H2,1-8H3/b24-16+/t26-,27-/m1/s1. The van der Waals surface area contributed by atoms with E-state index in [9.17, 15) is 0 Å². The van der Waals surface area contributed by atoms with Gasteiger partial charge in [0, 0.05) is 11.8 Å². The molecule has 2 aliphatic rings. The van der Waals surface area contributed by atoms with Crippen molar-refractivity contribution >= 4 is 23.0 Å². The normalized spacial score (nSPS) is 25.6. The molecule has 1 saturated carbocycles. The van der Waals surface area contributed by atoms with Crippen molar-refractivity contribution in [2.45, 2.75) is 103 Å². The molecule has 0 N–H and O–H groups in total. The Kier molecular flexibility index (Phi) is 9.23. The second kappa shape index (κ2) is 11.3. The molecule has 5 heteroatoms. The number of hydrogen-bond acceptors (Lipinski definition) is 3. The molecule has 1 saturated heterocycles. The van der Waals surface area contributed by atoms with E-state index in [-0.39, 0.29) is 0 Å². The molecule has 0 amide bonds. The van der Waals surface area contributed by atoms with Crippen molar-refractivity contribution in [3.63, 3.8) is 0 Å². The van der Waals surface area contributed by atoms with E-state index in [4.69, 9.17) is 13.9 Å². The number of ether oxygens (including phenoxy) is 2. The van der Waals surface area contributed by atoms with Crippen LogP contribution in [0.2, 0.25) is 22.7 Å². The highest BCUT2D eigenvalue weighted by Gasteiger charge is 2.48. The zero-order valence-electron chi connectivity index (χ0n) is 22.2. The SMILES string of the molecule is CC(C)[Si](O[C@@H]1CC/C(=C\C2COC(C)(C)OC2)[C@H]1C[Si]c1ccccc1)(C(C)C)C(C)C. The minimum atomic E-state index is -1.92. The summed E-state index contributed by atoms with van der Waals surface area (Å²) >= 11 is 0. The Balaban J connectivity index is 1.83. The van der Waals surface area contributed by atoms with E-state index in [2.05, 4.69) is 78.0 Å². The fourth-order valence-corrected chi connectivity index (χ4v) is 13.1. The zero-order chi connectivity index (χ0) is 24.2. The lowest BCUT2D eigenvalue weighted by Gasteiger charge is -2.45. The number of rotatable bonds is 9. The predicted molar refractivity (Wildman–Crippen MR) is 143 cm³/mol. The van der Waals surface area contributed by atoms with Gasteiger partial charge < -0.3 is 13.9 Å². The Hall–Kier alpha value is -0.726. The number of benzene rings is 1. The first-order valence-corrected chi connectivity index (χ1v) is 16.3. The molecule has 1 aliphatic heterocycles. The first kappa shape index (κ1) is 26.9. The van der Waals surface area contributed by atoms with Crippen molar-refractivity contribution in [3.8, 4) is 0 Å². The van der Waals surface area contributed by atoms with E-state index in [1.165, 1.54) is 11.2 Å². The minimum absolute atomic E-state index is 0.341. The molecule has 33 heavy (non-hydrogen) atoms. The quantitative estimate of drug-likeness (QED) is 0.286. The lowest BCUT2D eigenvalue weighted by molar-refractivity contribution is -0.256. The summed E-state index contributed by atoms with van der Waals surface area (Å²) in [7, 11) is -1.10. The van der Waals surface area contributed by atoms with Crippen LogP contribution in [0.5, 0.6) is 0 Å². The van der Waals surface area contributed by atoms with Crippen molar-refractivity contribution in [2.75, 3.05) is 13.2 Å². The van der Waals surface area contributed by atoms with Crippen molar-refractivity contribution in [2.24, 2.45) is 11.8 Å². The lowest BCUT2D eigenvalue weighted by atomic mass is 9.98. The summed E-state index contributed by atoms with van der Waals surface area (Å²) in [6.45, 7) is 19.9. The molecule has 0 bridgehead atoms. The van der Waals surface area contributed by atoms with E-state index in [1.54, 1.807) is 5.57 Å². The molecule has 1 aromatic carbocycles. The molecule has 0 spiro atoms. The first-order chi connectivity index (χ1) is 15.5. The second-order valence-electron chi connectivity index (χ2n) is 11.4. The highest BCUT2D eigenvalue weighted by Crippen LogP contribution is 2.47. The van der Waals surface area contributed by atoms with Crippen LogP contribution in [0.4, 0.5) is 0 Å². The van der Waals surface area contributed by atoms with Crippen LogP contribution in [-0.2, 0) is 13.9 Å². The summed E-state index contributed by atoms with van der Waals surface area (Å²) in [6, 6.07) is 12.2. The summed E-state index contributed by atoms with van der Waals surface area (Å²) in [5, 5.41) is 1.45. The smallest absolute Gasteiger partial charge is 0.200 e. The average molecular weight is 487 g/mol. The molecule has 3 nitrogen and oxygen atoms in total. The summed E-state index contributed by atoms with van der Waals surface area (Å²) in [5.41, 5.74) is 3.43. The Labute approximate surface area is 206 Å². The molecule has 1 aliphatic carbocycles. The minimum Gasteiger partial charge on any atom is -0.413 e. The van der Waals surface area contributed by atoms with Crippen LogP contribution in [0.1, 0.15) is 68.2 Å². The third-order valence-corrected chi connectivity index (χ3v) is 15.3. The van der Waals surface area contributed by atoms with E-state index in [1.807, 2.05) is 13.8 Å². The Morgan fingerprint density at radius 1 is 1.00 bits per heavy atom. The third-order valence-electron chi connectivity index (χ3n) is 7.74. The van der Waals surface area contributed by atoms with Gasteiger partial charge in [0.25, 0.3) is 0 Å². The second-order valence-corrected chi connectivity index (χ2v) is 18.1. The van der Waals surface area contributed by atoms with Crippen molar-refractivity contribution < 1.29 is 13.9 Å². The fraction of sp³-hybridized carbons (Fsp3) is 0.714. The van der Waals surface area contributed by atoms with Gasteiger partial charge >= 0.3 is 0 Å². The van der Waals surface area contributed by atoms with Crippen LogP contribution in [0.15, 0.2) is 42.0 Å². The maximum absolute atomic E-state index is 7.38. The van der Waals surface area contributed by atoms with Crippen LogP contribution >= 0.6 is 0 Å². The van der Waals surface area contributed by atoms with Gasteiger partial charge in [0.15, 0.2) is 5.79 Å². The summed E-state index contributed by atoms with van der Waals surface area (Å²) in [4.78, 5) is 0. The maximum Gasteiger partial charge on any atom is 0.200 e. The van der Waals surface area contributed by atoms with Gasteiger partial charge in [0.05, 0.1) is 28.8 Å². The van der Waals surface area contributed by atoms with Crippen molar-refractivity contribution in [1.29, 1.82) is 0 Å². The number of hydrogen-bond donors (Lipinski definition) is 0. The third kappa shape index (κ3) is 6.49. The molecule has 0 unspecified atom stereocenters. The summed E-state index contributed by atoms with van der Waals surface area (Å²) in [5.74, 6) is 0.389. The van der Waals surface area contributed by atoms with Crippen molar-refractivity contribution in [3.05, 3.63) is 42.0 Å². The fourth-order valence-electron chi connectivity index (χ4n) is 6.10. The molecule has 0 aromatic heterocycles. The molecular formula is C28H46O3Si2. The molecule has 1 aromatic rings. The van der Waals surface area contributed by atoms with E-state index in [0.29, 0.717) is 34.6 Å². The van der Waals surface area contributed by atoms with Gasteiger partial charge in [0.2, 0.25) is 8.32 Å². The zero-order valence-corrected chi connectivity index (χ0v) is 24.2. The Morgan fingerprint density at radius 3 is 2.12 bits per heavy atom. The van der Waals surface area contributed by atoms with E-state index in [0.717, 1.165) is 35.6 Å². The van der Waals surface area contributed by atoms with Gasteiger partial charge in [-0.25, -0.2) is 0 Å². The van der Waals surface area contributed by atoms with Gasteiger partial charge in [-0.3, -0.25) is 0 Å². The average Bonchev–Trinajstić information content (AvgIpc) is 3.12. The largest absolute Gasteiger partial charge is 0.413 e. The first-order valence-electron chi connectivity index (χ1n) is 13.0. The van der Waals surface area contributed by atoms with Crippen LogP contribution in [-0.4, -0.2) is 42.9 Å². The van der Waals surface area contributed by atoms with Crippen molar-refractivity contribution in [1.82, 2.24) is 0 Å². The molecule has 2 atom stereocenters. The van der Waals surface area contributed by atoms with Gasteiger partial charge in [0.1, 0.15) is 0 Å². The Morgan fingerprint density at radius 2 is 1.58 bits per heavy atom. The highest BCUT2D eigenvalue weighted by atomic mass is 28.4. The topological polar surface area (TPSA) is 27.7 Å². The molecule has 2 radical (unpaired) electrons. The Bertz CT molecular complexity index is 741. The molecule has 2 fully saturated rings.